The van der Waals surface area contributed by atoms with Gasteiger partial charge in [-0.1, -0.05) is 33.6 Å². The van der Waals surface area contributed by atoms with Crippen molar-refractivity contribution in [2.24, 2.45) is 5.92 Å². The maximum absolute atomic E-state index is 13.5. The van der Waals surface area contributed by atoms with E-state index in [1.165, 1.54) is 7.11 Å². The number of carbonyl (C=O) groups excluding carboxylic acids is 3. The molecule has 0 unspecified atom stereocenters. The number of unbranched alkanes of at least 4 members (excludes halogenated alkanes) is 1. The Morgan fingerprint density at radius 3 is 2.63 bits per heavy atom. The Hall–Kier alpha value is -2.65. The number of benzene rings is 1. The molecule has 3 aliphatic rings. The molecule has 0 radical (unpaired) electrons. The average molecular weight is 532 g/mol. The number of esters is 2. The molecule has 1 aliphatic carbocycles. The molecule has 0 amide bonds. The van der Waals surface area contributed by atoms with Crippen LogP contribution in [0.1, 0.15) is 82.8 Å². The number of ether oxygens (including phenoxy) is 4. The zero-order valence-corrected chi connectivity index (χ0v) is 23.0. The van der Waals surface area contributed by atoms with Gasteiger partial charge >= 0.3 is 11.9 Å². The molecule has 1 fully saturated rings. The third-order valence-electron chi connectivity index (χ3n) is 8.05. The summed E-state index contributed by atoms with van der Waals surface area (Å²) < 4.78 is 21.9. The van der Waals surface area contributed by atoms with Crippen molar-refractivity contribution in [2.45, 2.75) is 95.8 Å². The van der Waals surface area contributed by atoms with Crippen LogP contribution in [0, 0.1) is 5.92 Å². The SMILES string of the molecule is CCCCN1CCc2cc3c(cc2[C@@H]2[C@H](OC(=O)[C@@](O)(CCCC(C)C)CC(=O)OC)C(=O)C[C@@H]21)OCO3. The second-order valence-electron chi connectivity index (χ2n) is 11.2. The number of fused-ring (bicyclic) bond motifs is 4. The number of methoxy groups -OCH3 is 1. The number of nitrogens with zero attached hydrogens (tertiary/aromatic N) is 1. The summed E-state index contributed by atoms with van der Waals surface area (Å²) in [5.74, 6) is -0.575. The van der Waals surface area contributed by atoms with Crippen molar-refractivity contribution in [3.63, 3.8) is 0 Å². The summed E-state index contributed by atoms with van der Waals surface area (Å²) in [6, 6.07) is 3.75. The van der Waals surface area contributed by atoms with E-state index < -0.39 is 36.0 Å². The Kier molecular flexibility index (Phi) is 8.98. The predicted molar refractivity (Wildman–Crippen MR) is 139 cm³/mol. The lowest BCUT2D eigenvalue weighted by Gasteiger charge is -2.33. The lowest BCUT2D eigenvalue weighted by molar-refractivity contribution is -0.179. The van der Waals surface area contributed by atoms with Crippen LogP contribution in [0.2, 0.25) is 0 Å². The van der Waals surface area contributed by atoms with E-state index in [1.807, 2.05) is 26.0 Å². The highest BCUT2D eigenvalue weighted by atomic mass is 16.7. The first-order valence-corrected chi connectivity index (χ1v) is 13.9. The molecule has 0 bridgehead atoms. The van der Waals surface area contributed by atoms with Crippen LogP contribution >= 0.6 is 0 Å². The third-order valence-corrected chi connectivity index (χ3v) is 8.05. The van der Waals surface area contributed by atoms with E-state index in [4.69, 9.17) is 18.9 Å². The van der Waals surface area contributed by atoms with Crippen LogP contribution in [0.3, 0.4) is 0 Å². The van der Waals surface area contributed by atoms with Crippen molar-refractivity contribution in [3.05, 3.63) is 23.3 Å². The topological polar surface area (TPSA) is 112 Å². The predicted octanol–water partition coefficient (Wildman–Crippen LogP) is 3.53. The van der Waals surface area contributed by atoms with E-state index in [1.54, 1.807) is 0 Å². The van der Waals surface area contributed by atoms with Gasteiger partial charge in [0.05, 0.1) is 13.5 Å². The number of aliphatic hydroxyl groups is 1. The van der Waals surface area contributed by atoms with Crippen molar-refractivity contribution >= 4 is 17.7 Å². The molecule has 4 atom stereocenters. The first-order chi connectivity index (χ1) is 18.2. The monoisotopic (exact) mass is 531 g/mol. The number of carbonyl (C=O) groups is 3. The van der Waals surface area contributed by atoms with Gasteiger partial charge in [-0.2, -0.15) is 0 Å². The van der Waals surface area contributed by atoms with Crippen molar-refractivity contribution in [1.82, 2.24) is 4.90 Å². The van der Waals surface area contributed by atoms with Crippen molar-refractivity contribution in [2.75, 3.05) is 27.0 Å². The number of rotatable bonds is 11. The fourth-order valence-electron chi connectivity index (χ4n) is 5.91. The maximum atomic E-state index is 13.5. The van der Waals surface area contributed by atoms with Gasteiger partial charge in [0.25, 0.3) is 0 Å². The molecule has 2 heterocycles. The molecule has 0 aromatic heterocycles. The highest BCUT2D eigenvalue weighted by Crippen LogP contribution is 2.46. The Morgan fingerprint density at radius 2 is 1.95 bits per heavy atom. The summed E-state index contributed by atoms with van der Waals surface area (Å²) >= 11 is 0. The van der Waals surface area contributed by atoms with E-state index in [9.17, 15) is 19.5 Å². The summed E-state index contributed by atoms with van der Waals surface area (Å²) in [7, 11) is 1.21. The number of ketones is 1. The number of hydrogen-bond acceptors (Lipinski definition) is 9. The van der Waals surface area contributed by atoms with Gasteiger partial charge in [0, 0.05) is 24.9 Å². The van der Waals surface area contributed by atoms with Crippen molar-refractivity contribution in [3.8, 4) is 11.5 Å². The average Bonchev–Trinajstić information content (AvgIpc) is 3.42. The minimum absolute atomic E-state index is 0.0476. The number of hydrogen-bond donors (Lipinski definition) is 1. The van der Waals surface area contributed by atoms with Crippen molar-refractivity contribution in [1.29, 1.82) is 0 Å². The zero-order chi connectivity index (χ0) is 27.4. The smallest absolute Gasteiger partial charge is 0.339 e. The molecule has 210 valence electrons. The molecule has 1 aromatic carbocycles. The lowest BCUT2D eigenvalue weighted by Crippen LogP contribution is -2.46. The molecule has 2 aliphatic heterocycles. The van der Waals surface area contributed by atoms with Crippen LogP contribution in [0.5, 0.6) is 11.5 Å². The van der Waals surface area contributed by atoms with Gasteiger partial charge in [-0.15, -0.1) is 0 Å². The quantitative estimate of drug-likeness (QED) is 0.429. The van der Waals surface area contributed by atoms with E-state index >= 15 is 0 Å². The first kappa shape index (κ1) is 28.4. The molecule has 9 heteroatoms. The van der Waals surface area contributed by atoms with Gasteiger partial charge in [0.1, 0.15) is 0 Å². The van der Waals surface area contributed by atoms with Gasteiger partial charge in [-0.25, -0.2) is 4.79 Å². The van der Waals surface area contributed by atoms with E-state index in [0.717, 1.165) is 49.9 Å². The molecule has 0 spiro atoms. The molecular weight excluding hydrogens is 490 g/mol. The van der Waals surface area contributed by atoms with E-state index in [0.29, 0.717) is 23.8 Å². The molecular formula is C29H41NO8. The number of Topliss-reactive ketones (excluding diaryl/α,β-unsaturated/α-hetero) is 1. The Morgan fingerprint density at radius 1 is 1.21 bits per heavy atom. The Labute approximate surface area is 224 Å². The van der Waals surface area contributed by atoms with Gasteiger partial charge < -0.3 is 24.1 Å². The summed E-state index contributed by atoms with van der Waals surface area (Å²) in [5.41, 5.74) is -0.107. The van der Waals surface area contributed by atoms with Crippen LogP contribution in [0.25, 0.3) is 0 Å². The molecule has 9 nitrogen and oxygen atoms in total. The van der Waals surface area contributed by atoms with Crippen LogP contribution in [0.15, 0.2) is 12.1 Å². The normalized spacial score (nSPS) is 23.9. The standard InChI is InChI=1S/C29H41NO8/c1-5-6-11-30-12-9-19-13-23-24(37-17-36-23)14-20(19)26-21(30)15-22(31)27(26)38-28(33)29(34,16-25(32)35-4)10-7-8-18(2)3/h13-14,18,21,26-27,34H,5-12,15-17H2,1-4H3/t21-,26-,27+,29+/m0/s1. The maximum Gasteiger partial charge on any atom is 0.339 e. The highest BCUT2D eigenvalue weighted by molar-refractivity contribution is 5.92. The summed E-state index contributed by atoms with van der Waals surface area (Å²) in [4.78, 5) is 41.4. The molecule has 1 aromatic rings. The van der Waals surface area contributed by atoms with Gasteiger partial charge in [-0.3, -0.25) is 14.5 Å². The summed E-state index contributed by atoms with van der Waals surface area (Å²) in [6.07, 6.45) is 2.82. The second kappa shape index (κ2) is 12.0. The molecule has 0 saturated heterocycles. The van der Waals surface area contributed by atoms with Crippen LogP contribution < -0.4 is 9.47 Å². The molecule has 1 N–H and O–H groups in total. The minimum Gasteiger partial charge on any atom is -0.469 e. The lowest BCUT2D eigenvalue weighted by atomic mass is 9.87. The first-order valence-electron chi connectivity index (χ1n) is 13.9. The van der Waals surface area contributed by atoms with Gasteiger partial charge in [0.15, 0.2) is 29.0 Å². The van der Waals surface area contributed by atoms with E-state index in [2.05, 4.69) is 11.8 Å². The van der Waals surface area contributed by atoms with Gasteiger partial charge in [-0.05, 0) is 61.4 Å². The highest BCUT2D eigenvalue weighted by Gasteiger charge is 2.52. The zero-order valence-electron chi connectivity index (χ0n) is 23.0. The minimum atomic E-state index is -2.06. The van der Waals surface area contributed by atoms with Crippen LogP contribution in [-0.2, 0) is 30.3 Å². The van der Waals surface area contributed by atoms with Crippen molar-refractivity contribution < 1.29 is 38.4 Å². The largest absolute Gasteiger partial charge is 0.469 e. The molecule has 4 rings (SSSR count). The van der Waals surface area contributed by atoms with Crippen LogP contribution in [-0.4, -0.2) is 72.5 Å². The fraction of sp³-hybridized carbons (Fsp3) is 0.690. The molecule has 1 saturated carbocycles. The Balaban J connectivity index is 1.65. The second-order valence-corrected chi connectivity index (χ2v) is 11.2. The Bertz CT molecular complexity index is 1040. The summed E-state index contributed by atoms with van der Waals surface area (Å²) in [5, 5.41) is 11.3. The van der Waals surface area contributed by atoms with Gasteiger partial charge in [0.2, 0.25) is 6.79 Å². The third kappa shape index (κ3) is 5.99. The fourth-order valence-corrected chi connectivity index (χ4v) is 5.91. The van der Waals surface area contributed by atoms with E-state index in [-0.39, 0.29) is 31.5 Å². The van der Waals surface area contributed by atoms with Crippen LogP contribution in [0.4, 0.5) is 0 Å². The molecule has 38 heavy (non-hydrogen) atoms. The summed E-state index contributed by atoms with van der Waals surface area (Å²) in [6.45, 7) is 8.00.